The number of hydrogen-bond acceptors (Lipinski definition) is 7. The van der Waals surface area contributed by atoms with E-state index < -0.39 is 5.82 Å². The van der Waals surface area contributed by atoms with Crippen molar-refractivity contribution in [1.29, 1.82) is 0 Å². The molecule has 5 rings (SSSR count). The van der Waals surface area contributed by atoms with Crippen LogP contribution in [0, 0.1) is 5.82 Å². The van der Waals surface area contributed by atoms with E-state index >= 15 is 0 Å². The Kier molecular flexibility index (Phi) is 5.74. The largest absolute Gasteiger partial charge is 0.494 e. The number of halogens is 1. The van der Waals surface area contributed by atoms with Gasteiger partial charge in [-0.1, -0.05) is 18.2 Å². The Bertz CT molecular complexity index is 1330. The molecule has 1 fully saturated rings. The second kappa shape index (κ2) is 8.99. The summed E-state index contributed by atoms with van der Waals surface area (Å²) in [6.07, 6.45) is 4.57. The van der Waals surface area contributed by atoms with Crippen LogP contribution in [0.25, 0.3) is 31.8 Å². The molecular weight excluding hydrogens is 443 g/mol. The van der Waals surface area contributed by atoms with Crippen LogP contribution in [0.3, 0.4) is 0 Å². The Balaban J connectivity index is 1.44. The van der Waals surface area contributed by atoms with Crippen molar-refractivity contribution in [2.45, 2.75) is 0 Å². The van der Waals surface area contributed by atoms with Crippen LogP contribution in [0.15, 0.2) is 48.9 Å². The van der Waals surface area contributed by atoms with Crippen molar-refractivity contribution in [1.82, 2.24) is 25.2 Å². The molecule has 1 aliphatic rings. The molecule has 4 heterocycles. The van der Waals surface area contributed by atoms with E-state index in [9.17, 15) is 9.18 Å². The van der Waals surface area contributed by atoms with Crippen LogP contribution < -0.4 is 15.4 Å². The van der Waals surface area contributed by atoms with Gasteiger partial charge < -0.3 is 20.3 Å². The Hall–Kier alpha value is -3.79. The highest BCUT2D eigenvalue weighted by Crippen LogP contribution is 2.41. The maximum Gasteiger partial charge on any atom is 0.317 e. The van der Waals surface area contributed by atoms with Crippen LogP contribution >= 0.6 is 11.3 Å². The second-order valence-corrected chi connectivity index (χ2v) is 8.50. The van der Waals surface area contributed by atoms with E-state index in [4.69, 9.17) is 4.74 Å². The average Bonchev–Trinajstić information content (AvgIpc) is 3.46. The predicted molar refractivity (Wildman–Crippen MR) is 126 cm³/mol. The summed E-state index contributed by atoms with van der Waals surface area (Å²) < 4.78 is 21.2. The van der Waals surface area contributed by atoms with E-state index in [1.165, 1.54) is 17.5 Å². The number of methoxy groups -OCH3 is 1. The number of rotatable bonds is 7. The third kappa shape index (κ3) is 4.17. The number of amides is 2. The fraction of sp³-hybridized carbons (Fsp3) is 0.217. The van der Waals surface area contributed by atoms with Gasteiger partial charge in [0.1, 0.15) is 11.4 Å². The molecule has 2 amide bonds. The third-order valence-corrected chi connectivity index (χ3v) is 6.62. The van der Waals surface area contributed by atoms with Crippen LogP contribution in [-0.4, -0.2) is 59.2 Å². The molecule has 8 nitrogen and oxygen atoms in total. The molecule has 3 aromatic heterocycles. The first kappa shape index (κ1) is 21.1. The molecule has 0 radical (unpaired) electrons. The van der Waals surface area contributed by atoms with Crippen molar-refractivity contribution < 1.29 is 13.9 Å². The summed E-state index contributed by atoms with van der Waals surface area (Å²) in [5.74, 6) is 0.500. The molecule has 2 N–H and O–H groups in total. The average molecular weight is 465 g/mol. The number of benzene rings is 1. The number of thiophene rings is 1. The smallest absolute Gasteiger partial charge is 0.317 e. The number of fused-ring (bicyclic) bond motifs is 1. The van der Waals surface area contributed by atoms with Crippen molar-refractivity contribution in [3.63, 3.8) is 0 Å². The molecule has 1 saturated heterocycles. The topological polar surface area (TPSA) is 92.3 Å². The Morgan fingerprint density at radius 2 is 2.18 bits per heavy atom. The van der Waals surface area contributed by atoms with E-state index in [1.807, 2.05) is 30.3 Å². The summed E-state index contributed by atoms with van der Waals surface area (Å²) >= 11 is 1.46. The predicted octanol–water partition coefficient (Wildman–Crippen LogP) is 4.01. The fourth-order valence-electron chi connectivity index (χ4n) is 3.81. The van der Waals surface area contributed by atoms with E-state index in [1.54, 1.807) is 24.4 Å². The molecule has 1 aromatic carbocycles. The van der Waals surface area contributed by atoms with Crippen LogP contribution in [0.5, 0.6) is 5.75 Å². The summed E-state index contributed by atoms with van der Waals surface area (Å²) in [6.45, 7) is 2.30. The van der Waals surface area contributed by atoms with Gasteiger partial charge in [-0.25, -0.2) is 19.2 Å². The molecular formula is C23H21FN6O2S. The van der Waals surface area contributed by atoms with Gasteiger partial charge in [0.05, 0.1) is 24.4 Å². The van der Waals surface area contributed by atoms with Crippen molar-refractivity contribution >= 4 is 33.4 Å². The highest BCUT2D eigenvalue weighted by Gasteiger charge is 2.19. The van der Waals surface area contributed by atoms with E-state index in [0.717, 1.165) is 21.2 Å². The van der Waals surface area contributed by atoms with Crippen LogP contribution in [0.4, 0.5) is 15.1 Å². The van der Waals surface area contributed by atoms with Gasteiger partial charge in [0, 0.05) is 48.2 Å². The van der Waals surface area contributed by atoms with E-state index in [0.29, 0.717) is 42.8 Å². The standard InChI is InChI=1S/C23H21FN6O2S/c1-32-18-13-25-6-5-15(18)16-4-2-3-14-11-19(33-21(14)16)20-17(24)12-28-22(29-20)26-7-9-30-10-8-27-23(30)31/h2-6,11-13H,7-10H2,1H3,(H,27,31)(H,26,28,29). The maximum atomic E-state index is 14.7. The van der Waals surface area contributed by atoms with Crippen molar-refractivity contribution in [2.24, 2.45) is 0 Å². The van der Waals surface area contributed by atoms with E-state index in [2.05, 4.69) is 25.6 Å². The van der Waals surface area contributed by atoms with Crippen LogP contribution in [-0.2, 0) is 0 Å². The van der Waals surface area contributed by atoms with Gasteiger partial charge >= 0.3 is 6.03 Å². The van der Waals surface area contributed by atoms with Crippen molar-refractivity contribution in [3.05, 3.63) is 54.7 Å². The number of nitrogens with zero attached hydrogens (tertiary/aromatic N) is 4. The summed E-state index contributed by atoms with van der Waals surface area (Å²) in [5, 5.41) is 6.83. The van der Waals surface area contributed by atoms with Crippen molar-refractivity contribution in [3.8, 4) is 27.4 Å². The fourth-order valence-corrected chi connectivity index (χ4v) is 4.99. The molecule has 33 heavy (non-hydrogen) atoms. The molecule has 168 valence electrons. The van der Waals surface area contributed by atoms with Crippen LogP contribution in [0.2, 0.25) is 0 Å². The Morgan fingerprint density at radius 3 is 3.00 bits per heavy atom. The first-order valence-corrected chi connectivity index (χ1v) is 11.3. The molecule has 0 spiro atoms. The summed E-state index contributed by atoms with van der Waals surface area (Å²) in [6, 6.07) is 9.72. The number of pyridine rings is 1. The normalized spacial score (nSPS) is 13.4. The minimum atomic E-state index is -0.492. The summed E-state index contributed by atoms with van der Waals surface area (Å²) in [4.78, 5) is 26.7. The van der Waals surface area contributed by atoms with Gasteiger partial charge in [-0.05, 0) is 17.5 Å². The molecule has 0 saturated carbocycles. The zero-order chi connectivity index (χ0) is 22.8. The van der Waals surface area contributed by atoms with Gasteiger partial charge in [-0.3, -0.25) is 4.98 Å². The lowest BCUT2D eigenvalue weighted by Crippen LogP contribution is -2.32. The summed E-state index contributed by atoms with van der Waals surface area (Å²) in [7, 11) is 1.61. The first-order chi connectivity index (χ1) is 16.1. The monoisotopic (exact) mass is 464 g/mol. The second-order valence-electron chi connectivity index (χ2n) is 7.45. The Morgan fingerprint density at radius 1 is 1.27 bits per heavy atom. The number of anilines is 1. The molecule has 10 heteroatoms. The summed E-state index contributed by atoms with van der Waals surface area (Å²) in [5.41, 5.74) is 2.14. The van der Waals surface area contributed by atoms with Gasteiger partial charge in [-0.15, -0.1) is 11.3 Å². The maximum absolute atomic E-state index is 14.7. The number of aromatic nitrogens is 3. The lowest BCUT2D eigenvalue weighted by Gasteiger charge is -2.14. The number of nitrogens with one attached hydrogen (secondary N) is 2. The minimum Gasteiger partial charge on any atom is -0.494 e. The SMILES string of the molecule is COc1cnccc1-c1cccc2cc(-c3nc(NCCN4CCNC4=O)ncc3F)sc12. The molecule has 0 atom stereocenters. The van der Waals surface area contributed by atoms with Gasteiger partial charge in [0.25, 0.3) is 0 Å². The van der Waals surface area contributed by atoms with Crippen LogP contribution in [0.1, 0.15) is 0 Å². The molecule has 0 unspecified atom stereocenters. The van der Waals surface area contributed by atoms with Gasteiger partial charge in [0.15, 0.2) is 5.82 Å². The highest BCUT2D eigenvalue weighted by molar-refractivity contribution is 7.22. The first-order valence-electron chi connectivity index (χ1n) is 10.4. The van der Waals surface area contributed by atoms with E-state index in [-0.39, 0.29) is 11.7 Å². The lowest BCUT2D eigenvalue weighted by atomic mass is 10.0. The number of carbonyl (C=O) groups is 1. The molecule has 0 aliphatic carbocycles. The zero-order valence-electron chi connectivity index (χ0n) is 17.8. The number of carbonyl (C=O) groups excluding carboxylic acids is 1. The molecule has 1 aliphatic heterocycles. The van der Waals surface area contributed by atoms with Crippen molar-refractivity contribution in [2.75, 3.05) is 38.6 Å². The Labute approximate surface area is 193 Å². The number of urea groups is 1. The highest BCUT2D eigenvalue weighted by atomic mass is 32.1. The van der Waals surface area contributed by atoms with Gasteiger partial charge in [-0.2, -0.15) is 0 Å². The molecule has 4 aromatic rings. The molecule has 0 bridgehead atoms. The lowest BCUT2D eigenvalue weighted by molar-refractivity contribution is 0.219. The zero-order valence-corrected chi connectivity index (χ0v) is 18.7. The van der Waals surface area contributed by atoms with Gasteiger partial charge in [0.2, 0.25) is 5.95 Å². The number of ether oxygens (including phenoxy) is 1. The third-order valence-electron chi connectivity index (χ3n) is 5.43. The quantitative estimate of drug-likeness (QED) is 0.430. The minimum absolute atomic E-state index is 0.0792. The number of hydrogen-bond donors (Lipinski definition) is 2.